The van der Waals surface area contributed by atoms with E-state index in [1.807, 2.05) is 18.2 Å². The third-order valence-electron chi connectivity index (χ3n) is 7.26. The number of aromatic nitrogens is 2. The van der Waals surface area contributed by atoms with Crippen LogP contribution in [-0.4, -0.2) is 60.3 Å². The molecule has 1 amide bonds. The average Bonchev–Trinajstić information content (AvgIpc) is 2.90. The van der Waals surface area contributed by atoms with Crippen LogP contribution in [0.3, 0.4) is 0 Å². The van der Waals surface area contributed by atoms with Gasteiger partial charge in [-0.2, -0.15) is 0 Å². The molecule has 34 heavy (non-hydrogen) atoms. The lowest BCUT2D eigenvalue weighted by Gasteiger charge is -2.40. The maximum Gasteiger partial charge on any atom is 0.227 e. The van der Waals surface area contributed by atoms with Crippen molar-refractivity contribution in [2.24, 2.45) is 5.92 Å². The van der Waals surface area contributed by atoms with Gasteiger partial charge in [0, 0.05) is 50.5 Å². The van der Waals surface area contributed by atoms with E-state index in [-0.39, 0.29) is 11.8 Å². The lowest BCUT2D eigenvalue weighted by Crippen LogP contribution is -2.52. The second kappa shape index (κ2) is 9.84. The Labute approximate surface area is 202 Å². The molecule has 2 aromatic carbocycles. The summed E-state index contributed by atoms with van der Waals surface area (Å²) in [6, 6.07) is 20.9. The Balaban J connectivity index is 1.20. The Kier molecular flexibility index (Phi) is 6.48. The Morgan fingerprint density at radius 1 is 0.824 bits per heavy atom. The van der Waals surface area contributed by atoms with Crippen molar-refractivity contribution in [3.63, 3.8) is 0 Å². The topological polar surface area (TPSA) is 52.6 Å². The fourth-order valence-corrected chi connectivity index (χ4v) is 5.02. The highest BCUT2D eigenvalue weighted by molar-refractivity contribution is 5.80. The van der Waals surface area contributed by atoms with Crippen LogP contribution in [0.25, 0.3) is 11.3 Å². The van der Waals surface area contributed by atoms with E-state index >= 15 is 0 Å². The number of carbonyl (C=O) groups excluding carboxylic acids is 1. The SMILES string of the molecule is Cc1ccc(-c2ccc(N3CCC[C@@H](C(=O)N4CCN(c5ccccc5)CC4)C3)nn2)cc1C. The highest BCUT2D eigenvalue weighted by Crippen LogP contribution is 2.26. The molecule has 2 saturated heterocycles. The molecule has 1 aromatic heterocycles. The van der Waals surface area contributed by atoms with Gasteiger partial charge in [-0.3, -0.25) is 4.79 Å². The molecule has 0 N–H and O–H groups in total. The molecule has 176 valence electrons. The fraction of sp³-hybridized carbons (Fsp3) is 0.393. The van der Waals surface area contributed by atoms with Gasteiger partial charge in [0.25, 0.3) is 0 Å². The minimum atomic E-state index is 0.0262. The molecule has 3 heterocycles. The quantitative estimate of drug-likeness (QED) is 0.586. The predicted octanol–water partition coefficient (Wildman–Crippen LogP) is 4.33. The monoisotopic (exact) mass is 455 g/mol. The number of anilines is 2. The average molecular weight is 456 g/mol. The van der Waals surface area contributed by atoms with Crippen molar-refractivity contribution in [3.05, 3.63) is 71.8 Å². The summed E-state index contributed by atoms with van der Waals surface area (Å²) in [5.74, 6) is 1.18. The van der Waals surface area contributed by atoms with Crippen molar-refractivity contribution in [3.8, 4) is 11.3 Å². The summed E-state index contributed by atoms with van der Waals surface area (Å²) < 4.78 is 0. The first-order valence-corrected chi connectivity index (χ1v) is 12.3. The number of aryl methyl sites for hydroxylation is 2. The van der Waals surface area contributed by atoms with E-state index in [0.717, 1.165) is 69.2 Å². The Bertz CT molecular complexity index is 1120. The van der Waals surface area contributed by atoms with E-state index in [1.54, 1.807) is 0 Å². The van der Waals surface area contributed by atoms with E-state index in [1.165, 1.54) is 16.8 Å². The minimum absolute atomic E-state index is 0.0262. The second-order valence-corrected chi connectivity index (χ2v) is 9.51. The van der Waals surface area contributed by atoms with Crippen molar-refractivity contribution in [2.45, 2.75) is 26.7 Å². The molecular formula is C28H33N5O. The summed E-state index contributed by atoms with van der Waals surface area (Å²) in [7, 11) is 0. The lowest BCUT2D eigenvalue weighted by atomic mass is 9.96. The molecule has 6 heteroatoms. The molecule has 2 fully saturated rings. The normalized spacial score (nSPS) is 18.8. The number of hydrogen-bond acceptors (Lipinski definition) is 5. The van der Waals surface area contributed by atoms with Crippen molar-refractivity contribution < 1.29 is 4.79 Å². The number of benzene rings is 2. The number of amides is 1. The predicted molar refractivity (Wildman–Crippen MR) is 137 cm³/mol. The molecule has 0 radical (unpaired) electrons. The molecule has 2 aliphatic heterocycles. The van der Waals surface area contributed by atoms with Gasteiger partial charge in [0.1, 0.15) is 0 Å². The molecule has 2 aliphatic rings. The number of piperazine rings is 1. The Morgan fingerprint density at radius 2 is 1.62 bits per heavy atom. The van der Waals surface area contributed by atoms with Gasteiger partial charge in [-0.1, -0.05) is 30.3 Å². The van der Waals surface area contributed by atoms with E-state index in [2.05, 4.69) is 81.2 Å². The summed E-state index contributed by atoms with van der Waals surface area (Å²) in [5, 5.41) is 9.02. The standard InChI is InChI=1S/C28H33N5O/c1-21-10-11-23(19-22(21)2)26-12-13-27(30-29-26)33-14-6-7-24(20-33)28(34)32-17-15-31(16-18-32)25-8-4-3-5-9-25/h3-5,8-13,19,24H,6-7,14-18,20H2,1-2H3/t24-/m1/s1. The summed E-state index contributed by atoms with van der Waals surface area (Å²) in [6.07, 6.45) is 1.95. The van der Waals surface area contributed by atoms with Crippen LogP contribution in [0.4, 0.5) is 11.5 Å². The van der Waals surface area contributed by atoms with Crippen LogP contribution in [0.2, 0.25) is 0 Å². The minimum Gasteiger partial charge on any atom is -0.368 e. The first kappa shape index (κ1) is 22.4. The molecule has 0 unspecified atom stereocenters. The largest absolute Gasteiger partial charge is 0.368 e. The smallest absolute Gasteiger partial charge is 0.227 e. The summed E-state index contributed by atoms with van der Waals surface area (Å²) in [6.45, 7) is 9.22. The first-order valence-electron chi connectivity index (χ1n) is 12.3. The molecule has 1 atom stereocenters. The van der Waals surface area contributed by atoms with Gasteiger partial charge in [-0.05, 0) is 68.1 Å². The van der Waals surface area contributed by atoms with Crippen LogP contribution in [-0.2, 0) is 4.79 Å². The van der Waals surface area contributed by atoms with E-state index in [0.29, 0.717) is 0 Å². The zero-order valence-corrected chi connectivity index (χ0v) is 20.2. The van der Waals surface area contributed by atoms with Gasteiger partial charge in [-0.15, -0.1) is 10.2 Å². The molecule has 5 rings (SSSR count). The lowest BCUT2D eigenvalue weighted by molar-refractivity contribution is -0.136. The Morgan fingerprint density at radius 3 is 2.32 bits per heavy atom. The first-order chi connectivity index (χ1) is 16.6. The van der Waals surface area contributed by atoms with Crippen LogP contribution in [0.15, 0.2) is 60.7 Å². The molecule has 0 aliphatic carbocycles. The molecule has 0 saturated carbocycles. The van der Waals surface area contributed by atoms with Crippen molar-refractivity contribution >= 4 is 17.4 Å². The zero-order chi connectivity index (χ0) is 23.5. The molecule has 6 nitrogen and oxygen atoms in total. The highest BCUT2D eigenvalue weighted by atomic mass is 16.2. The van der Waals surface area contributed by atoms with E-state index in [4.69, 9.17) is 0 Å². The molecular weight excluding hydrogens is 422 g/mol. The second-order valence-electron chi connectivity index (χ2n) is 9.51. The van der Waals surface area contributed by atoms with Crippen molar-refractivity contribution in [1.29, 1.82) is 0 Å². The fourth-order valence-electron chi connectivity index (χ4n) is 5.02. The van der Waals surface area contributed by atoms with Crippen molar-refractivity contribution in [2.75, 3.05) is 49.1 Å². The number of piperidine rings is 1. The maximum absolute atomic E-state index is 13.3. The molecule has 3 aromatic rings. The number of para-hydroxylation sites is 1. The van der Waals surface area contributed by atoms with E-state index < -0.39 is 0 Å². The summed E-state index contributed by atoms with van der Waals surface area (Å²) >= 11 is 0. The van der Waals surface area contributed by atoms with Crippen LogP contribution < -0.4 is 9.80 Å². The van der Waals surface area contributed by atoms with E-state index in [9.17, 15) is 4.79 Å². The number of carbonyl (C=O) groups is 1. The molecule has 0 spiro atoms. The van der Waals surface area contributed by atoms with Crippen LogP contribution in [0, 0.1) is 19.8 Å². The summed E-state index contributed by atoms with van der Waals surface area (Å²) in [5.41, 5.74) is 5.74. The summed E-state index contributed by atoms with van der Waals surface area (Å²) in [4.78, 5) is 20.0. The number of hydrogen-bond donors (Lipinski definition) is 0. The third-order valence-corrected chi connectivity index (χ3v) is 7.26. The zero-order valence-electron chi connectivity index (χ0n) is 20.2. The molecule has 0 bridgehead atoms. The highest BCUT2D eigenvalue weighted by Gasteiger charge is 2.31. The van der Waals surface area contributed by atoms with Gasteiger partial charge in [0.2, 0.25) is 5.91 Å². The van der Waals surface area contributed by atoms with Gasteiger partial charge in [0.05, 0.1) is 11.6 Å². The van der Waals surface area contributed by atoms with Gasteiger partial charge in [0.15, 0.2) is 5.82 Å². The van der Waals surface area contributed by atoms with Crippen LogP contribution in [0.5, 0.6) is 0 Å². The van der Waals surface area contributed by atoms with Crippen molar-refractivity contribution in [1.82, 2.24) is 15.1 Å². The Hall–Kier alpha value is -3.41. The van der Waals surface area contributed by atoms with Gasteiger partial charge in [-0.25, -0.2) is 0 Å². The van der Waals surface area contributed by atoms with Gasteiger partial charge >= 0.3 is 0 Å². The van der Waals surface area contributed by atoms with Gasteiger partial charge < -0.3 is 14.7 Å². The van der Waals surface area contributed by atoms with Crippen LogP contribution >= 0.6 is 0 Å². The number of rotatable bonds is 4. The maximum atomic E-state index is 13.3. The van der Waals surface area contributed by atoms with Crippen LogP contribution in [0.1, 0.15) is 24.0 Å². The number of nitrogens with zero attached hydrogens (tertiary/aromatic N) is 5. The third kappa shape index (κ3) is 4.76.